The maximum atomic E-state index is 11.5. The monoisotopic (exact) mass is 284 g/mol. The van der Waals surface area contributed by atoms with Crippen LogP contribution in [0.2, 0.25) is 0 Å². The van der Waals surface area contributed by atoms with Crippen LogP contribution < -0.4 is 5.32 Å². The standard InChI is InChI=1S/C14H24N2O4/c1-3-19-13(17)6-5-9-15-12-7-10-16(11-8-12)14(18)20-4-2/h5-6,12,15H,3-4,7-11H2,1-2H3/b6-5+. The average molecular weight is 284 g/mol. The van der Waals surface area contributed by atoms with Gasteiger partial charge in [-0.25, -0.2) is 9.59 Å². The summed E-state index contributed by atoms with van der Waals surface area (Å²) in [5, 5.41) is 3.34. The molecule has 0 unspecified atom stereocenters. The summed E-state index contributed by atoms with van der Waals surface area (Å²) in [4.78, 5) is 24.3. The van der Waals surface area contributed by atoms with Gasteiger partial charge in [-0.3, -0.25) is 0 Å². The molecule has 0 aromatic heterocycles. The normalized spacial score (nSPS) is 16.4. The van der Waals surface area contributed by atoms with Crippen LogP contribution in [0.3, 0.4) is 0 Å². The molecule has 1 N–H and O–H groups in total. The van der Waals surface area contributed by atoms with Crippen molar-refractivity contribution in [1.29, 1.82) is 0 Å². The molecule has 1 amide bonds. The highest BCUT2D eigenvalue weighted by Crippen LogP contribution is 2.11. The Balaban J connectivity index is 2.16. The van der Waals surface area contributed by atoms with Crippen molar-refractivity contribution in [3.8, 4) is 0 Å². The van der Waals surface area contributed by atoms with E-state index >= 15 is 0 Å². The second kappa shape index (κ2) is 9.36. The summed E-state index contributed by atoms with van der Waals surface area (Å²) in [7, 11) is 0. The van der Waals surface area contributed by atoms with Crippen LogP contribution in [-0.4, -0.2) is 55.9 Å². The number of nitrogens with one attached hydrogen (secondary N) is 1. The number of rotatable bonds is 6. The summed E-state index contributed by atoms with van der Waals surface area (Å²) < 4.78 is 9.75. The molecule has 6 nitrogen and oxygen atoms in total. The molecule has 0 aromatic carbocycles. The van der Waals surface area contributed by atoms with Gasteiger partial charge in [-0.2, -0.15) is 0 Å². The Morgan fingerprint density at radius 3 is 2.45 bits per heavy atom. The molecule has 1 saturated heterocycles. The van der Waals surface area contributed by atoms with E-state index in [0.717, 1.165) is 12.8 Å². The minimum absolute atomic E-state index is 0.229. The van der Waals surface area contributed by atoms with Gasteiger partial charge >= 0.3 is 12.1 Å². The minimum Gasteiger partial charge on any atom is -0.463 e. The highest BCUT2D eigenvalue weighted by molar-refractivity contribution is 5.81. The van der Waals surface area contributed by atoms with Crippen molar-refractivity contribution in [1.82, 2.24) is 10.2 Å². The molecule has 114 valence electrons. The fraction of sp³-hybridized carbons (Fsp3) is 0.714. The number of likely N-dealkylation sites (tertiary alicyclic amines) is 1. The zero-order valence-corrected chi connectivity index (χ0v) is 12.3. The van der Waals surface area contributed by atoms with E-state index in [0.29, 0.717) is 38.9 Å². The molecule has 1 rings (SSSR count). The summed E-state index contributed by atoms with van der Waals surface area (Å²) in [6.45, 7) is 6.43. The van der Waals surface area contributed by atoms with Crippen molar-refractivity contribution in [2.45, 2.75) is 32.7 Å². The third-order valence-corrected chi connectivity index (χ3v) is 3.09. The Morgan fingerprint density at radius 2 is 1.85 bits per heavy atom. The summed E-state index contributed by atoms with van der Waals surface area (Å²) >= 11 is 0. The summed E-state index contributed by atoms with van der Waals surface area (Å²) in [6.07, 6.45) is 4.76. The van der Waals surface area contributed by atoms with Gasteiger partial charge in [0.25, 0.3) is 0 Å². The van der Waals surface area contributed by atoms with Crippen molar-refractivity contribution in [3.05, 3.63) is 12.2 Å². The van der Waals surface area contributed by atoms with Crippen LogP contribution in [-0.2, 0) is 14.3 Å². The highest BCUT2D eigenvalue weighted by atomic mass is 16.6. The second-order valence-electron chi connectivity index (χ2n) is 4.52. The Morgan fingerprint density at radius 1 is 1.20 bits per heavy atom. The van der Waals surface area contributed by atoms with E-state index in [1.54, 1.807) is 17.9 Å². The van der Waals surface area contributed by atoms with E-state index in [1.807, 2.05) is 6.92 Å². The van der Waals surface area contributed by atoms with Gasteiger partial charge < -0.3 is 19.7 Å². The molecule has 0 aliphatic carbocycles. The number of piperidine rings is 1. The molecule has 1 aliphatic rings. The Kier molecular flexibility index (Phi) is 7.72. The fourth-order valence-corrected chi connectivity index (χ4v) is 2.06. The van der Waals surface area contributed by atoms with Gasteiger partial charge in [0.05, 0.1) is 13.2 Å². The second-order valence-corrected chi connectivity index (χ2v) is 4.52. The maximum absolute atomic E-state index is 11.5. The van der Waals surface area contributed by atoms with Gasteiger partial charge in [0.1, 0.15) is 0 Å². The van der Waals surface area contributed by atoms with Crippen molar-refractivity contribution in [2.24, 2.45) is 0 Å². The van der Waals surface area contributed by atoms with Crippen LogP contribution >= 0.6 is 0 Å². The zero-order valence-electron chi connectivity index (χ0n) is 12.3. The third-order valence-electron chi connectivity index (χ3n) is 3.09. The van der Waals surface area contributed by atoms with Gasteiger partial charge in [-0.15, -0.1) is 0 Å². The summed E-state index contributed by atoms with van der Waals surface area (Å²) in [5.41, 5.74) is 0. The first kappa shape index (κ1) is 16.5. The lowest BCUT2D eigenvalue weighted by molar-refractivity contribution is -0.137. The lowest BCUT2D eigenvalue weighted by Gasteiger charge is -2.31. The SMILES string of the molecule is CCOC(=O)/C=C/CNC1CCN(C(=O)OCC)CC1. The van der Waals surface area contributed by atoms with Gasteiger partial charge in [-0.1, -0.05) is 6.08 Å². The van der Waals surface area contributed by atoms with Crippen molar-refractivity contribution < 1.29 is 19.1 Å². The van der Waals surface area contributed by atoms with Crippen LogP contribution in [0.15, 0.2) is 12.2 Å². The Hall–Kier alpha value is -1.56. The third kappa shape index (κ3) is 6.06. The first-order valence-corrected chi connectivity index (χ1v) is 7.15. The molecule has 0 radical (unpaired) electrons. The van der Waals surface area contributed by atoms with Crippen LogP contribution in [0, 0.1) is 0 Å². The number of hydrogen-bond donors (Lipinski definition) is 1. The number of carbonyl (C=O) groups excluding carboxylic acids is 2. The molecular formula is C14H24N2O4. The zero-order chi connectivity index (χ0) is 14.8. The predicted molar refractivity (Wildman–Crippen MR) is 75.4 cm³/mol. The van der Waals surface area contributed by atoms with Crippen LogP contribution in [0.25, 0.3) is 0 Å². The largest absolute Gasteiger partial charge is 0.463 e. The number of ether oxygens (including phenoxy) is 2. The fourth-order valence-electron chi connectivity index (χ4n) is 2.06. The minimum atomic E-state index is -0.313. The Bertz CT molecular complexity index is 336. The summed E-state index contributed by atoms with van der Waals surface area (Å²) in [6, 6.07) is 0.368. The number of nitrogens with zero attached hydrogens (tertiary/aromatic N) is 1. The van der Waals surface area contributed by atoms with Gasteiger partial charge in [0.15, 0.2) is 0 Å². The maximum Gasteiger partial charge on any atom is 0.409 e. The van der Waals surface area contributed by atoms with E-state index in [-0.39, 0.29) is 12.1 Å². The van der Waals surface area contributed by atoms with E-state index in [9.17, 15) is 9.59 Å². The number of carbonyl (C=O) groups is 2. The predicted octanol–water partition coefficient (Wildman–Crippen LogP) is 1.32. The molecule has 0 saturated carbocycles. The molecule has 0 bridgehead atoms. The van der Waals surface area contributed by atoms with E-state index < -0.39 is 0 Å². The van der Waals surface area contributed by atoms with E-state index in [2.05, 4.69) is 5.32 Å². The lowest BCUT2D eigenvalue weighted by Crippen LogP contribution is -2.45. The van der Waals surface area contributed by atoms with Gasteiger partial charge in [-0.05, 0) is 26.7 Å². The molecule has 0 spiro atoms. The van der Waals surface area contributed by atoms with Gasteiger partial charge in [0.2, 0.25) is 0 Å². The quantitative estimate of drug-likeness (QED) is 0.588. The number of hydrogen-bond acceptors (Lipinski definition) is 5. The molecular weight excluding hydrogens is 260 g/mol. The van der Waals surface area contributed by atoms with E-state index in [1.165, 1.54) is 6.08 Å². The molecule has 0 aromatic rings. The smallest absolute Gasteiger partial charge is 0.409 e. The van der Waals surface area contributed by atoms with Crippen molar-refractivity contribution >= 4 is 12.1 Å². The number of esters is 1. The summed E-state index contributed by atoms with van der Waals surface area (Å²) in [5.74, 6) is -0.313. The van der Waals surface area contributed by atoms with Crippen LogP contribution in [0.1, 0.15) is 26.7 Å². The van der Waals surface area contributed by atoms with Crippen LogP contribution in [0.5, 0.6) is 0 Å². The average Bonchev–Trinajstić information content (AvgIpc) is 2.45. The number of amides is 1. The molecule has 20 heavy (non-hydrogen) atoms. The molecule has 1 aliphatic heterocycles. The van der Waals surface area contributed by atoms with Crippen molar-refractivity contribution in [2.75, 3.05) is 32.8 Å². The van der Waals surface area contributed by atoms with Crippen molar-refractivity contribution in [3.63, 3.8) is 0 Å². The molecule has 1 fully saturated rings. The molecule has 0 atom stereocenters. The topological polar surface area (TPSA) is 67.9 Å². The van der Waals surface area contributed by atoms with Crippen LogP contribution in [0.4, 0.5) is 4.79 Å². The highest BCUT2D eigenvalue weighted by Gasteiger charge is 2.22. The first-order valence-electron chi connectivity index (χ1n) is 7.15. The van der Waals surface area contributed by atoms with Gasteiger partial charge in [0, 0.05) is 31.8 Å². The first-order chi connectivity index (χ1) is 9.67. The molecule has 6 heteroatoms. The Labute approximate surface area is 120 Å². The lowest BCUT2D eigenvalue weighted by atomic mass is 10.1. The van der Waals surface area contributed by atoms with E-state index in [4.69, 9.17) is 9.47 Å². The molecule has 1 heterocycles.